The maximum Gasteiger partial charge on any atom is 0.244 e. The summed E-state index contributed by atoms with van der Waals surface area (Å²) < 4.78 is 5.57. The number of aromatic nitrogens is 3. The highest BCUT2D eigenvalue weighted by molar-refractivity contribution is 5.53. The van der Waals surface area contributed by atoms with Gasteiger partial charge in [0.2, 0.25) is 11.7 Å². The van der Waals surface area contributed by atoms with Crippen LogP contribution in [0.2, 0.25) is 0 Å². The molecule has 5 heteroatoms. The average Bonchev–Trinajstić information content (AvgIpc) is 3.31. The summed E-state index contributed by atoms with van der Waals surface area (Å²) in [4.78, 5) is 11.5. The third-order valence-corrected chi connectivity index (χ3v) is 4.50. The summed E-state index contributed by atoms with van der Waals surface area (Å²) in [6.07, 6.45) is 5.02. The van der Waals surface area contributed by atoms with Gasteiger partial charge in [-0.25, -0.2) is 0 Å². The van der Waals surface area contributed by atoms with Crippen LogP contribution >= 0.6 is 0 Å². The first-order chi connectivity index (χ1) is 11.9. The fourth-order valence-electron chi connectivity index (χ4n) is 3.25. The number of benzene rings is 1. The number of nitrogens with zero attached hydrogens (tertiary/aromatic N) is 4. The lowest BCUT2D eigenvalue weighted by Crippen LogP contribution is -2.26. The van der Waals surface area contributed by atoms with Gasteiger partial charge in [-0.2, -0.15) is 4.98 Å². The van der Waals surface area contributed by atoms with E-state index in [-0.39, 0.29) is 6.04 Å². The summed E-state index contributed by atoms with van der Waals surface area (Å²) in [5.74, 6) is 1.40. The van der Waals surface area contributed by atoms with Crippen LogP contribution in [0.1, 0.15) is 30.5 Å². The van der Waals surface area contributed by atoms with E-state index in [4.69, 9.17) is 4.52 Å². The highest BCUT2D eigenvalue weighted by atomic mass is 16.5. The summed E-state index contributed by atoms with van der Waals surface area (Å²) in [6, 6.07) is 16.2. The summed E-state index contributed by atoms with van der Waals surface area (Å²) in [5, 5.41) is 4.16. The van der Waals surface area contributed by atoms with Gasteiger partial charge in [0.25, 0.3) is 0 Å². The van der Waals surface area contributed by atoms with Crippen molar-refractivity contribution in [2.45, 2.75) is 25.3 Å². The molecule has 0 unspecified atom stereocenters. The van der Waals surface area contributed by atoms with Crippen molar-refractivity contribution in [1.29, 1.82) is 0 Å². The largest absolute Gasteiger partial charge is 0.337 e. The van der Waals surface area contributed by atoms with Gasteiger partial charge >= 0.3 is 0 Å². The van der Waals surface area contributed by atoms with Crippen molar-refractivity contribution < 1.29 is 4.52 Å². The molecule has 1 atom stereocenters. The van der Waals surface area contributed by atoms with E-state index in [0.717, 1.165) is 49.5 Å². The van der Waals surface area contributed by atoms with E-state index in [2.05, 4.69) is 26.1 Å². The third-order valence-electron chi connectivity index (χ3n) is 4.50. The number of hydrogen-bond donors (Lipinski definition) is 0. The molecule has 0 bridgehead atoms. The van der Waals surface area contributed by atoms with E-state index in [1.807, 2.05) is 48.7 Å². The molecule has 3 aromatic rings. The minimum atomic E-state index is 0.221. The van der Waals surface area contributed by atoms with Crippen LogP contribution < -0.4 is 0 Å². The van der Waals surface area contributed by atoms with Gasteiger partial charge in [-0.3, -0.25) is 9.88 Å². The lowest BCUT2D eigenvalue weighted by atomic mass is 10.2. The first-order valence-corrected chi connectivity index (χ1v) is 8.43. The van der Waals surface area contributed by atoms with Gasteiger partial charge in [-0.05, 0) is 31.5 Å². The summed E-state index contributed by atoms with van der Waals surface area (Å²) in [7, 11) is 0. The second-order valence-corrected chi connectivity index (χ2v) is 6.09. The monoisotopic (exact) mass is 320 g/mol. The molecule has 0 spiro atoms. The SMILES string of the molecule is c1ccc(-c2noc([C@H]3CCCN3CCc3ccccn3)n2)cc1. The zero-order chi connectivity index (χ0) is 16.2. The number of pyridine rings is 1. The van der Waals surface area contributed by atoms with Gasteiger partial charge in [0.15, 0.2) is 0 Å². The minimum Gasteiger partial charge on any atom is -0.337 e. The quantitative estimate of drug-likeness (QED) is 0.720. The van der Waals surface area contributed by atoms with Gasteiger partial charge in [0, 0.05) is 30.4 Å². The van der Waals surface area contributed by atoms with E-state index < -0.39 is 0 Å². The molecule has 24 heavy (non-hydrogen) atoms. The van der Waals surface area contributed by atoms with Crippen molar-refractivity contribution in [1.82, 2.24) is 20.0 Å². The lowest BCUT2D eigenvalue weighted by Gasteiger charge is -2.21. The molecule has 3 heterocycles. The molecular formula is C19H20N4O. The second kappa shape index (κ2) is 6.93. The van der Waals surface area contributed by atoms with Crippen LogP contribution in [0.3, 0.4) is 0 Å². The highest BCUT2D eigenvalue weighted by Gasteiger charge is 2.30. The molecule has 1 aromatic carbocycles. The van der Waals surface area contributed by atoms with E-state index in [1.165, 1.54) is 0 Å². The van der Waals surface area contributed by atoms with E-state index in [1.54, 1.807) is 0 Å². The smallest absolute Gasteiger partial charge is 0.244 e. The minimum absolute atomic E-state index is 0.221. The molecule has 1 aliphatic rings. The van der Waals surface area contributed by atoms with Gasteiger partial charge in [0.1, 0.15) is 0 Å². The lowest BCUT2D eigenvalue weighted by molar-refractivity contribution is 0.210. The molecule has 0 aliphatic carbocycles. The van der Waals surface area contributed by atoms with E-state index in [0.29, 0.717) is 5.82 Å². The van der Waals surface area contributed by atoms with Crippen molar-refractivity contribution in [3.63, 3.8) is 0 Å². The Hall–Kier alpha value is -2.53. The first kappa shape index (κ1) is 15.0. The zero-order valence-corrected chi connectivity index (χ0v) is 13.5. The topological polar surface area (TPSA) is 55.1 Å². The van der Waals surface area contributed by atoms with Crippen LogP contribution in [0.25, 0.3) is 11.4 Å². The number of likely N-dealkylation sites (tertiary alicyclic amines) is 1. The maximum absolute atomic E-state index is 5.57. The van der Waals surface area contributed by atoms with Gasteiger partial charge in [-0.15, -0.1) is 0 Å². The van der Waals surface area contributed by atoms with Crippen LogP contribution in [-0.2, 0) is 6.42 Å². The second-order valence-electron chi connectivity index (χ2n) is 6.09. The Morgan fingerprint density at radius 3 is 2.79 bits per heavy atom. The standard InChI is InChI=1S/C19H20N4O/c1-2-7-15(8-3-1)18-21-19(24-22-18)17-10-6-13-23(17)14-11-16-9-4-5-12-20-16/h1-5,7-9,12,17H,6,10-11,13-14H2/t17-/m1/s1. The van der Waals surface area contributed by atoms with Gasteiger partial charge in [0.05, 0.1) is 6.04 Å². The van der Waals surface area contributed by atoms with Crippen molar-refractivity contribution in [2.75, 3.05) is 13.1 Å². The number of rotatable bonds is 5. The summed E-state index contributed by atoms with van der Waals surface area (Å²) in [6.45, 7) is 2.03. The van der Waals surface area contributed by atoms with Gasteiger partial charge < -0.3 is 4.52 Å². The normalized spacial score (nSPS) is 18.1. The molecular weight excluding hydrogens is 300 g/mol. The van der Waals surface area contributed by atoms with Crippen LogP contribution in [0.15, 0.2) is 59.3 Å². The molecule has 1 aliphatic heterocycles. The Balaban J connectivity index is 1.46. The van der Waals surface area contributed by atoms with Crippen LogP contribution in [0.4, 0.5) is 0 Å². The molecule has 0 radical (unpaired) electrons. The Labute approximate surface area is 141 Å². The third kappa shape index (κ3) is 3.21. The zero-order valence-electron chi connectivity index (χ0n) is 13.5. The maximum atomic E-state index is 5.57. The first-order valence-electron chi connectivity index (χ1n) is 8.43. The molecule has 2 aromatic heterocycles. The Morgan fingerprint density at radius 1 is 1.08 bits per heavy atom. The number of hydrogen-bond acceptors (Lipinski definition) is 5. The molecule has 1 fully saturated rings. The Morgan fingerprint density at radius 2 is 1.96 bits per heavy atom. The molecule has 0 saturated carbocycles. The molecule has 1 saturated heterocycles. The summed E-state index contributed by atoms with van der Waals surface area (Å²) >= 11 is 0. The van der Waals surface area contributed by atoms with Gasteiger partial charge in [-0.1, -0.05) is 41.6 Å². The Kier molecular flexibility index (Phi) is 4.34. The Bertz CT molecular complexity index is 772. The predicted octanol–water partition coefficient (Wildman–Crippen LogP) is 3.51. The van der Waals surface area contributed by atoms with Crippen molar-refractivity contribution in [3.8, 4) is 11.4 Å². The molecule has 5 nitrogen and oxygen atoms in total. The fraction of sp³-hybridized carbons (Fsp3) is 0.316. The van der Waals surface area contributed by atoms with Crippen LogP contribution in [-0.4, -0.2) is 33.1 Å². The van der Waals surface area contributed by atoms with Crippen LogP contribution in [0.5, 0.6) is 0 Å². The van der Waals surface area contributed by atoms with Crippen molar-refractivity contribution >= 4 is 0 Å². The average molecular weight is 320 g/mol. The molecule has 0 amide bonds. The van der Waals surface area contributed by atoms with Crippen molar-refractivity contribution in [3.05, 3.63) is 66.3 Å². The molecule has 122 valence electrons. The van der Waals surface area contributed by atoms with Crippen molar-refractivity contribution in [2.24, 2.45) is 0 Å². The predicted molar refractivity (Wildman–Crippen MR) is 91.2 cm³/mol. The van der Waals surface area contributed by atoms with E-state index >= 15 is 0 Å². The van der Waals surface area contributed by atoms with E-state index in [9.17, 15) is 0 Å². The molecule has 4 rings (SSSR count). The summed E-state index contributed by atoms with van der Waals surface area (Å²) in [5.41, 5.74) is 2.11. The highest BCUT2D eigenvalue weighted by Crippen LogP contribution is 2.31. The van der Waals surface area contributed by atoms with Crippen LogP contribution in [0, 0.1) is 0 Å². The molecule has 0 N–H and O–H groups in total. The fourth-order valence-corrected chi connectivity index (χ4v) is 3.25.